The number of rotatable bonds is 5. The maximum Gasteiger partial charge on any atom is 0.191 e. The molecule has 40 heavy (non-hydrogen) atoms. The number of benzene rings is 2. The summed E-state index contributed by atoms with van der Waals surface area (Å²) in [6, 6.07) is 15.7. The normalized spacial score (nSPS) is 20.4. The lowest BCUT2D eigenvalue weighted by Crippen LogP contribution is -2.45. The van der Waals surface area contributed by atoms with E-state index in [0.29, 0.717) is 30.5 Å². The molecule has 1 saturated carbocycles. The maximum absolute atomic E-state index is 14.4. The largest absolute Gasteiger partial charge is 0.317 e. The third-order valence-electron chi connectivity index (χ3n) is 8.34. The molecule has 0 saturated heterocycles. The van der Waals surface area contributed by atoms with Crippen molar-refractivity contribution in [1.29, 1.82) is 0 Å². The number of sulfone groups is 1. The highest BCUT2D eigenvalue weighted by Gasteiger charge is 2.51. The fourth-order valence-corrected chi connectivity index (χ4v) is 7.96. The van der Waals surface area contributed by atoms with Crippen LogP contribution >= 0.6 is 0 Å². The Kier molecular flexibility index (Phi) is 6.33. The number of allylic oxidation sites excluding steroid dienone is 1. The van der Waals surface area contributed by atoms with Crippen LogP contribution in [0.1, 0.15) is 52.1 Å². The standard InChI is InChI=1S/C32H28F2N2O3S/c1-20-11-13-35-29(15-20)31(37)32-18-22-12-14-36(25-7-5-24(33)6-8-25)30(22)16-23(32)4-10-27(19-32)40(38,39)26-9-3-21(2)28(34)17-26/h3,5-9,11-17,27H,4,10,18-19H2,1-2H3/t27-,32-/m0/s1. The lowest BCUT2D eigenvalue weighted by molar-refractivity contribution is 0.0796. The topological polar surface area (TPSA) is 69.0 Å². The fourth-order valence-electron chi connectivity index (χ4n) is 6.12. The second-order valence-corrected chi connectivity index (χ2v) is 13.1. The Labute approximate surface area is 232 Å². The van der Waals surface area contributed by atoms with Gasteiger partial charge in [0.1, 0.15) is 17.3 Å². The third kappa shape index (κ3) is 4.31. The molecule has 1 fully saturated rings. The minimum Gasteiger partial charge on any atom is -0.317 e. The molecule has 2 aliphatic rings. The maximum atomic E-state index is 14.4. The molecular formula is C32H28F2N2O3S. The van der Waals surface area contributed by atoms with Crippen LogP contribution in [0.25, 0.3) is 11.8 Å². The average Bonchev–Trinajstić information content (AvgIpc) is 3.35. The minimum absolute atomic E-state index is 0.0664. The molecule has 4 aromatic rings. The highest BCUT2D eigenvalue weighted by atomic mass is 32.2. The Morgan fingerprint density at radius 1 is 1.02 bits per heavy atom. The zero-order chi connectivity index (χ0) is 28.2. The number of carbonyl (C=O) groups is 1. The van der Waals surface area contributed by atoms with Crippen molar-refractivity contribution < 1.29 is 22.0 Å². The number of Topliss-reactive ketones (excluding diaryl/α,β-unsaturated/α-hetero) is 1. The van der Waals surface area contributed by atoms with E-state index in [2.05, 4.69) is 4.98 Å². The average molecular weight is 559 g/mol. The number of carbonyl (C=O) groups excluding carboxylic acids is 1. The van der Waals surface area contributed by atoms with Crippen LogP contribution in [0.4, 0.5) is 8.78 Å². The summed E-state index contributed by atoms with van der Waals surface area (Å²) >= 11 is 0. The lowest BCUT2D eigenvalue weighted by Gasteiger charge is -2.43. The van der Waals surface area contributed by atoms with E-state index in [9.17, 15) is 22.0 Å². The van der Waals surface area contributed by atoms with Crippen LogP contribution < -0.4 is 0 Å². The molecule has 2 atom stereocenters. The molecule has 2 heterocycles. The Hall–Kier alpha value is -3.91. The highest BCUT2D eigenvalue weighted by molar-refractivity contribution is 7.92. The fraction of sp³-hybridized carbons (Fsp3) is 0.250. The molecule has 6 rings (SSSR count). The predicted molar refractivity (Wildman–Crippen MR) is 149 cm³/mol. The molecule has 0 bridgehead atoms. The van der Waals surface area contributed by atoms with Crippen LogP contribution in [-0.4, -0.2) is 29.0 Å². The quantitative estimate of drug-likeness (QED) is 0.259. The van der Waals surface area contributed by atoms with Crippen molar-refractivity contribution in [3.8, 4) is 5.69 Å². The van der Waals surface area contributed by atoms with Crippen molar-refractivity contribution in [2.24, 2.45) is 5.41 Å². The molecule has 2 aliphatic carbocycles. The predicted octanol–water partition coefficient (Wildman–Crippen LogP) is 6.60. The molecule has 0 spiro atoms. The summed E-state index contributed by atoms with van der Waals surface area (Å²) in [5, 5.41) is -0.860. The van der Waals surface area contributed by atoms with Gasteiger partial charge in [0.2, 0.25) is 0 Å². The van der Waals surface area contributed by atoms with E-state index in [1.807, 2.05) is 35.9 Å². The monoisotopic (exact) mass is 558 g/mol. The van der Waals surface area contributed by atoms with E-state index in [4.69, 9.17) is 0 Å². The molecule has 0 amide bonds. The van der Waals surface area contributed by atoms with Crippen molar-refractivity contribution in [3.63, 3.8) is 0 Å². The van der Waals surface area contributed by atoms with E-state index in [-0.39, 0.29) is 22.9 Å². The molecular weight excluding hydrogens is 530 g/mol. The molecule has 0 aliphatic heterocycles. The lowest BCUT2D eigenvalue weighted by atomic mass is 9.61. The summed E-state index contributed by atoms with van der Waals surface area (Å²) < 4.78 is 57.5. The first kappa shape index (κ1) is 26.3. The molecule has 8 heteroatoms. The number of nitrogens with zero attached hydrogens (tertiary/aromatic N) is 2. The summed E-state index contributed by atoms with van der Waals surface area (Å²) in [5.41, 5.74) is 3.88. The number of aryl methyl sites for hydroxylation is 2. The van der Waals surface area contributed by atoms with Gasteiger partial charge >= 0.3 is 0 Å². The number of pyridine rings is 1. The van der Waals surface area contributed by atoms with E-state index in [1.54, 1.807) is 31.3 Å². The van der Waals surface area contributed by atoms with Gasteiger partial charge in [0.25, 0.3) is 0 Å². The van der Waals surface area contributed by atoms with Gasteiger partial charge in [0.05, 0.1) is 15.6 Å². The molecule has 5 nitrogen and oxygen atoms in total. The van der Waals surface area contributed by atoms with E-state index >= 15 is 0 Å². The first-order valence-electron chi connectivity index (χ1n) is 13.2. The van der Waals surface area contributed by atoms with Crippen LogP contribution in [0.2, 0.25) is 0 Å². The summed E-state index contributed by atoms with van der Waals surface area (Å²) in [4.78, 5) is 18.6. The number of hydrogen-bond donors (Lipinski definition) is 0. The van der Waals surface area contributed by atoms with Crippen molar-refractivity contribution in [3.05, 3.63) is 118 Å². The zero-order valence-corrected chi connectivity index (χ0v) is 23.0. The van der Waals surface area contributed by atoms with Crippen LogP contribution in [0.15, 0.2) is 83.5 Å². The molecule has 0 radical (unpaired) electrons. The third-order valence-corrected chi connectivity index (χ3v) is 10.5. The van der Waals surface area contributed by atoms with Gasteiger partial charge in [0, 0.05) is 23.8 Å². The summed E-state index contributed by atoms with van der Waals surface area (Å²) in [7, 11) is -3.91. The first-order chi connectivity index (χ1) is 19.1. The zero-order valence-electron chi connectivity index (χ0n) is 22.2. The van der Waals surface area contributed by atoms with Gasteiger partial charge in [-0.15, -0.1) is 0 Å². The molecule has 2 aromatic carbocycles. The van der Waals surface area contributed by atoms with Crippen molar-refractivity contribution in [1.82, 2.24) is 9.55 Å². The van der Waals surface area contributed by atoms with Crippen molar-refractivity contribution in [2.45, 2.75) is 49.7 Å². The first-order valence-corrected chi connectivity index (χ1v) is 14.8. The van der Waals surface area contributed by atoms with E-state index in [1.165, 1.54) is 24.3 Å². The Morgan fingerprint density at radius 3 is 2.52 bits per heavy atom. The van der Waals surface area contributed by atoms with E-state index in [0.717, 1.165) is 34.1 Å². The van der Waals surface area contributed by atoms with Crippen molar-refractivity contribution >= 4 is 21.7 Å². The smallest absolute Gasteiger partial charge is 0.191 e. The highest BCUT2D eigenvalue weighted by Crippen LogP contribution is 2.52. The second kappa shape index (κ2) is 9.63. The number of aromatic nitrogens is 2. The Balaban J connectivity index is 1.46. The van der Waals surface area contributed by atoms with Gasteiger partial charge in [-0.2, -0.15) is 0 Å². The van der Waals surface area contributed by atoms with Crippen LogP contribution in [0, 0.1) is 30.9 Å². The minimum atomic E-state index is -3.91. The number of halogens is 2. The number of ketones is 1. The van der Waals surface area contributed by atoms with Gasteiger partial charge in [-0.05, 0) is 117 Å². The Morgan fingerprint density at radius 2 is 1.80 bits per heavy atom. The molecule has 0 unspecified atom stereocenters. The van der Waals surface area contributed by atoms with Crippen molar-refractivity contribution in [2.75, 3.05) is 0 Å². The second-order valence-electron chi connectivity index (χ2n) is 10.9. The van der Waals surface area contributed by atoms with Gasteiger partial charge in [-0.3, -0.25) is 9.78 Å². The summed E-state index contributed by atoms with van der Waals surface area (Å²) in [6.07, 6.45) is 6.56. The van der Waals surface area contributed by atoms with E-state index < -0.39 is 26.3 Å². The van der Waals surface area contributed by atoms with Gasteiger partial charge in [-0.1, -0.05) is 11.6 Å². The van der Waals surface area contributed by atoms with Gasteiger partial charge < -0.3 is 4.57 Å². The molecule has 0 N–H and O–H groups in total. The summed E-state index contributed by atoms with van der Waals surface area (Å²) in [6.45, 7) is 3.47. The Bertz CT molecular complexity index is 1790. The van der Waals surface area contributed by atoms with Crippen LogP contribution in [0.5, 0.6) is 0 Å². The van der Waals surface area contributed by atoms with Crippen LogP contribution in [0.3, 0.4) is 0 Å². The van der Waals surface area contributed by atoms with Gasteiger partial charge in [-0.25, -0.2) is 17.2 Å². The molecule has 2 aromatic heterocycles. The van der Waals surface area contributed by atoms with Gasteiger partial charge in [0.15, 0.2) is 15.6 Å². The SMILES string of the molecule is Cc1ccnc(C(=O)[C@]23Cc4ccn(-c5ccc(F)cc5)c4C=C2CC[C@H](S(=O)(=O)c2ccc(C)c(F)c2)C3)c1. The van der Waals surface area contributed by atoms with Crippen LogP contribution in [-0.2, 0) is 16.3 Å². The number of fused-ring (bicyclic) bond motifs is 2. The molecule has 204 valence electrons. The number of hydrogen-bond acceptors (Lipinski definition) is 4. The summed E-state index contributed by atoms with van der Waals surface area (Å²) in [5.74, 6) is -1.11.